The number of thioether (sulfide) groups is 1. The summed E-state index contributed by atoms with van der Waals surface area (Å²) < 4.78 is 41.5. The second kappa shape index (κ2) is 7.87. The molecule has 1 heterocycles. The number of para-hydroxylation sites is 2. The lowest BCUT2D eigenvalue weighted by molar-refractivity contribution is -0.133. The molecule has 1 amide bonds. The van der Waals surface area contributed by atoms with Crippen LogP contribution in [0.25, 0.3) is 11.0 Å². The predicted molar refractivity (Wildman–Crippen MR) is 102 cm³/mol. The summed E-state index contributed by atoms with van der Waals surface area (Å²) in [6.45, 7) is 0.0562. The molecule has 146 valence electrons. The quantitative estimate of drug-likeness (QED) is 0.536. The van der Waals surface area contributed by atoms with Gasteiger partial charge in [0.25, 0.3) is 5.76 Å². The third kappa shape index (κ3) is 4.01. The number of imidazole rings is 1. The van der Waals surface area contributed by atoms with Gasteiger partial charge < -0.3 is 9.47 Å². The molecule has 1 aliphatic rings. The lowest BCUT2D eigenvalue weighted by Gasteiger charge is -2.23. The Morgan fingerprint density at radius 2 is 1.89 bits per heavy atom. The Balaban J connectivity index is 1.62. The average molecular weight is 405 g/mol. The highest BCUT2D eigenvalue weighted by molar-refractivity contribution is 7.99. The van der Waals surface area contributed by atoms with Gasteiger partial charge in [0.05, 0.1) is 11.0 Å². The van der Waals surface area contributed by atoms with Crippen molar-refractivity contribution in [3.8, 4) is 0 Å². The number of hydrogen-bond donors (Lipinski definition) is 0. The van der Waals surface area contributed by atoms with Crippen LogP contribution < -0.4 is 0 Å². The zero-order valence-corrected chi connectivity index (χ0v) is 15.7. The molecule has 3 aromatic rings. The highest BCUT2D eigenvalue weighted by atomic mass is 32.2. The molecule has 1 fully saturated rings. The molecule has 0 unspecified atom stereocenters. The number of fused-ring (bicyclic) bond motifs is 1. The van der Waals surface area contributed by atoms with Crippen LogP contribution in [0, 0.1) is 5.82 Å². The van der Waals surface area contributed by atoms with E-state index in [0.29, 0.717) is 28.4 Å². The normalized spacial score (nSPS) is 14.0. The van der Waals surface area contributed by atoms with Crippen LogP contribution in [-0.4, -0.2) is 32.2 Å². The summed E-state index contributed by atoms with van der Waals surface area (Å²) in [6, 6.07) is 13.4. The van der Waals surface area contributed by atoms with Gasteiger partial charge in [-0.25, -0.2) is 9.37 Å². The van der Waals surface area contributed by atoms with Crippen molar-refractivity contribution >= 4 is 28.7 Å². The lowest BCUT2D eigenvalue weighted by Crippen LogP contribution is -2.35. The first-order valence-corrected chi connectivity index (χ1v) is 9.84. The zero-order chi connectivity index (χ0) is 19.7. The maximum Gasteiger partial charge on any atom is 0.291 e. The van der Waals surface area contributed by atoms with E-state index in [1.807, 2.05) is 0 Å². The van der Waals surface area contributed by atoms with Crippen molar-refractivity contribution in [3.63, 3.8) is 0 Å². The van der Waals surface area contributed by atoms with Gasteiger partial charge in [0.2, 0.25) is 5.91 Å². The Kier molecular flexibility index (Phi) is 5.30. The number of benzene rings is 2. The van der Waals surface area contributed by atoms with Crippen molar-refractivity contribution in [2.45, 2.75) is 42.9 Å². The molecular formula is C20H18F3N3OS. The van der Waals surface area contributed by atoms with Crippen molar-refractivity contribution in [1.82, 2.24) is 14.5 Å². The SMILES string of the molecule is O=C(Cn1c(SC(F)F)nc2ccccc21)N(Cc1ccccc1F)C1CC1. The number of hydrogen-bond acceptors (Lipinski definition) is 3. The van der Waals surface area contributed by atoms with Crippen LogP contribution in [0.1, 0.15) is 18.4 Å². The van der Waals surface area contributed by atoms with Crippen molar-refractivity contribution < 1.29 is 18.0 Å². The van der Waals surface area contributed by atoms with E-state index in [9.17, 15) is 18.0 Å². The summed E-state index contributed by atoms with van der Waals surface area (Å²) in [4.78, 5) is 18.9. The number of aromatic nitrogens is 2. The highest BCUT2D eigenvalue weighted by Gasteiger charge is 2.33. The van der Waals surface area contributed by atoms with E-state index in [4.69, 9.17) is 0 Å². The molecule has 0 spiro atoms. The smallest absolute Gasteiger partial charge is 0.291 e. The summed E-state index contributed by atoms with van der Waals surface area (Å²) >= 11 is 0.323. The van der Waals surface area contributed by atoms with E-state index in [2.05, 4.69) is 4.98 Å². The van der Waals surface area contributed by atoms with Gasteiger partial charge in [-0.3, -0.25) is 4.79 Å². The number of halogens is 3. The second-order valence-electron chi connectivity index (χ2n) is 6.69. The molecule has 0 aliphatic heterocycles. The maximum absolute atomic E-state index is 14.1. The summed E-state index contributed by atoms with van der Waals surface area (Å²) in [7, 11) is 0. The average Bonchev–Trinajstić information content (AvgIpc) is 3.45. The third-order valence-electron chi connectivity index (χ3n) is 4.71. The Hall–Kier alpha value is -2.48. The standard InChI is InChI=1S/C20H18F3N3OS/c21-15-6-2-1-5-13(15)11-25(14-9-10-14)18(27)12-26-17-8-4-3-7-16(17)24-20(26)28-19(22)23/h1-8,14,19H,9-12H2. The van der Waals surface area contributed by atoms with E-state index in [1.54, 1.807) is 47.4 Å². The van der Waals surface area contributed by atoms with Crippen LogP contribution >= 0.6 is 11.8 Å². The minimum atomic E-state index is -2.64. The fraction of sp³-hybridized carbons (Fsp3) is 0.300. The molecule has 0 N–H and O–H groups in total. The summed E-state index contributed by atoms with van der Waals surface area (Å²) in [6.07, 6.45) is 1.73. The van der Waals surface area contributed by atoms with Crippen LogP contribution in [0.3, 0.4) is 0 Å². The molecular weight excluding hydrogens is 387 g/mol. The minimum Gasteiger partial charge on any atom is -0.334 e. The first kappa shape index (κ1) is 18.9. The Morgan fingerprint density at radius 3 is 2.61 bits per heavy atom. The third-order valence-corrected chi connectivity index (χ3v) is 5.41. The fourth-order valence-electron chi connectivity index (χ4n) is 3.22. The molecule has 8 heteroatoms. The number of rotatable bonds is 7. The maximum atomic E-state index is 14.1. The number of alkyl halides is 2. The van der Waals surface area contributed by atoms with Gasteiger partial charge in [-0.05, 0) is 42.8 Å². The Morgan fingerprint density at radius 1 is 1.18 bits per heavy atom. The first-order valence-electron chi connectivity index (χ1n) is 8.96. The molecule has 1 aromatic heterocycles. The van der Waals surface area contributed by atoms with Crippen LogP contribution in [0.4, 0.5) is 13.2 Å². The molecule has 4 nitrogen and oxygen atoms in total. The van der Waals surface area contributed by atoms with Gasteiger partial charge in [0, 0.05) is 18.2 Å². The van der Waals surface area contributed by atoms with E-state index < -0.39 is 5.76 Å². The first-order chi connectivity index (χ1) is 13.5. The lowest BCUT2D eigenvalue weighted by atomic mass is 10.2. The van der Waals surface area contributed by atoms with Gasteiger partial charge in [-0.15, -0.1) is 0 Å². The predicted octanol–water partition coefficient (Wildman–Crippen LogP) is 4.68. The number of nitrogens with zero attached hydrogens (tertiary/aromatic N) is 3. The molecule has 0 radical (unpaired) electrons. The second-order valence-corrected chi connectivity index (χ2v) is 7.65. The number of carbonyl (C=O) groups excluding carboxylic acids is 1. The molecule has 28 heavy (non-hydrogen) atoms. The Labute approximate surface area is 164 Å². The molecule has 0 saturated heterocycles. The summed E-state index contributed by atoms with van der Waals surface area (Å²) in [5.41, 5.74) is 1.63. The fourth-order valence-corrected chi connectivity index (χ4v) is 3.82. The van der Waals surface area contributed by atoms with Gasteiger partial charge >= 0.3 is 0 Å². The van der Waals surface area contributed by atoms with E-state index in [1.165, 1.54) is 10.6 Å². The molecule has 2 aromatic carbocycles. The van der Waals surface area contributed by atoms with E-state index in [0.717, 1.165) is 12.8 Å². The summed E-state index contributed by atoms with van der Waals surface area (Å²) in [5.74, 6) is -3.23. The topological polar surface area (TPSA) is 38.1 Å². The van der Waals surface area contributed by atoms with Crippen LogP contribution in [0.5, 0.6) is 0 Å². The largest absolute Gasteiger partial charge is 0.334 e. The van der Waals surface area contributed by atoms with Crippen molar-refractivity contribution in [2.75, 3.05) is 0 Å². The molecule has 4 rings (SSSR count). The zero-order valence-electron chi connectivity index (χ0n) is 14.9. The monoisotopic (exact) mass is 405 g/mol. The van der Waals surface area contributed by atoms with Crippen molar-refractivity contribution in [3.05, 3.63) is 59.9 Å². The molecule has 1 saturated carbocycles. The number of carbonyl (C=O) groups is 1. The van der Waals surface area contributed by atoms with Crippen LogP contribution in [-0.2, 0) is 17.9 Å². The highest BCUT2D eigenvalue weighted by Crippen LogP contribution is 2.31. The molecule has 0 bridgehead atoms. The van der Waals surface area contributed by atoms with Gasteiger partial charge in [0.15, 0.2) is 5.16 Å². The minimum absolute atomic E-state index is 0.0630. The van der Waals surface area contributed by atoms with Gasteiger partial charge in [0.1, 0.15) is 12.4 Å². The van der Waals surface area contributed by atoms with E-state index in [-0.39, 0.29) is 36.0 Å². The van der Waals surface area contributed by atoms with Crippen molar-refractivity contribution in [2.24, 2.45) is 0 Å². The summed E-state index contributed by atoms with van der Waals surface area (Å²) in [5, 5.41) is 0.103. The Bertz CT molecular complexity index is 1000. The molecule has 1 aliphatic carbocycles. The van der Waals surface area contributed by atoms with E-state index >= 15 is 0 Å². The number of amides is 1. The van der Waals surface area contributed by atoms with Crippen molar-refractivity contribution in [1.29, 1.82) is 0 Å². The molecule has 0 atom stereocenters. The van der Waals surface area contributed by atoms with Crippen LogP contribution in [0.2, 0.25) is 0 Å². The van der Waals surface area contributed by atoms with Gasteiger partial charge in [-0.2, -0.15) is 8.78 Å². The van der Waals surface area contributed by atoms with Gasteiger partial charge in [-0.1, -0.05) is 30.3 Å². The van der Waals surface area contributed by atoms with Crippen LogP contribution in [0.15, 0.2) is 53.7 Å².